The van der Waals surface area contributed by atoms with Crippen molar-refractivity contribution in [3.8, 4) is 5.75 Å². The molecule has 0 saturated heterocycles. The number of anilines is 1. The van der Waals surface area contributed by atoms with E-state index in [9.17, 15) is 4.21 Å². The molecule has 0 spiro atoms. The molecule has 0 bridgehead atoms. The van der Waals surface area contributed by atoms with Crippen LogP contribution in [-0.4, -0.2) is 10.8 Å². The fourth-order valence-electron chi connectivity index (χ4n) is 2.43. The van der Waals surface area contributed by atoms with E-state index in [2.05, 4.69) is 0 Å². The molecule has 1 unspecified atom stereocenters. The predicted molar refractivity (Wildman–Crippen MR) is 86.6 cm³/mol. The highest BCUT2D eigenvalue weighted by Gasteiger charge is 2.21. The third kappa shape index (κ3) is 2.89. The first-order valence-corrected chi connectivity index (χ1v) is 8.50. The molecular weight excluding hydrogens is 329 g/mol. The lowest BCUT2D eigenvalue weighted by Gasteiger charge is -2.11. The number of hydrogen-bond acceptors (Lipinski definition) is 3. The monoisotopic (exact) mass is 341 g/mol. The number of rotatable bonds is 3. The standard InChI is InChI=1S/C15H13Cl2NO2S/c16-11-6-9-4-5-20-14(9)10(7-11)8-21(19)15-12(17)2-1-3-13(15)18/h1-3,6-7H,4-5,8,18H2. The van der Waals surface area contributed by atoms with Crippen LogP contribution < -0.4 is 10.5 Å². The van der Waals surface area contributed by atoms with E-state index in [4.69, 9.17) is 33.7 Å². The zero-order valence-corrected chi connectivity index (χ0v) is 13.4. The fraction of sp³-hybridized carbons (Fsp3) is 0.200. The molecule has 110 valence electrons. The molecule has 1 heterocycles. The number of nitrogen functional groups attached to an aromatic ring is 1. The highest BCUT2D eigenvalue weighted by molar-refractivity contribution is 7.84. The van der Waals surface area contributed by atoms with Crippen LogP contribution in [0.1, 0.15) is 11.1 Å². The second-order valence-corrected chi connectivity index (χ2v) is 7.03. The maximum absolute atomic E-state index is 12.6. The van der Waals surface area contributed by atoms with Gasteiger partial charge in [-0.3, -0.25) is 4.21 Å². The Kier molecular flexibility index (Phi) is 4.11. The highest BCUT2D eigenvalue weighted by atomic mass is 35.5. The first kappa shape index (κ1) is 14.7. The molecule has 2 aromatic carbocycles. The molecule has 1 atom stereocenters. The van der Waals surface area contributed by atoms with Gasteiger partial charge in [-0.25, -0.2) is 0 Å². The van der Waals surface area contributed by atoms with Crippen molar-refractivity contribution >= 4 is 39.7 Å². The van der Waals surface area contributed by atoms with Gasteiger partial charge in [-0.15, -0.1) is 0 Å². The van der Waals surface area contributed by atoms with E-state index in [0.717, 1.165) is 23.3 Å². The van der Waals surface area contributed by atoms with Crippen molar-refractivity contribution in [2.75, 3.05) is 12.3 Å². The van der Waals surface area contributed by atoms with Gasteiger partial charge in [0.25, 0.3) is 0 Å². The largest absolute Gasteiger partial charge is 0.493 e. The van der Waals surface area contributed by atoms with Gasteiger partial charge in [0.05, 0.1) is 33.1 Å². The number of ether oxygens (including phenoxy) is 1. The highest BCUT2D eigenvalue weighted by Crippen LogP contribution is 2.35. The minimum Gasteiger partial charge on any atom is -0.493 e. The fourth-order valence-corrected chi connectivity index (χ4v) is 4.39. The van der Waals surface area contributed by atoms with Crippen LogP contribution in [0.2, 0.25) is 10.0 Å². The summed E-state index contributed by atoms with van der Waals surface area (Å²) in [5.74, 6) is 1.06. The zero-order chi connectivity index (χ0) is 15.0. The smallest absolute Gasteiger partial charge is 0.126 e. The third-order valence-corrected chi connectivity index (χ3v) is 5.47. The van der Waals surface area contributed by atoms with E-state index >= 15 is 0 Å². The van der Waals surface area contributed by atoms with Gasteiger partial charge in [0.2, 0.25) is 0 Å². The van der Waals surface area contributed by atoms with E-state index in [-0.39, 0.29) is 5.75 Å². The van der Waals surface area contributed by atoms with Gasteiger partial charge < -0.3 is 10.5 Å². The summed E-state index contributed by atoms with van der Waals surface area (Å²) in [6.07, 6.45) is 0.823. The number of fused-ring (bicyclic) bond motifs is 1. The van der Waals surface area contributed by atoms with Crippen molar-refractivity contribution in [3.63, 3.8) is 0 Å². The van der Waals surface area contributed by atoms with Gasteiger partial charge >= 0.3 is 0 Å². The Bertz CT molecular complexity index is 714. The van der Waals surface area contributed by atoms with Gasteiger partial charge in [-0.2, -0.15) is 0 Å². The summed E-state index contributed by atoms with van der Waals surface area (Å²) in [5.41, 5.74) is 8.20. The van der Waals surface area contributed by atoms with E-state index < -0.39 is 10.8 Å². The Morgan fingerprint density at radius 1 is 1.29 bits per heavy atom. The summed E-state index contributed by atoms with van der Waals surface area (Å²) in [7, 11) is -1.35. The lowest BCUT2D eigenvalue weighted by Crippen LogP contribution is -2.03. The quantitative estimate of drug-likeness (QED) is 0.863. The van der Waals surface area contributed by atoms with Gasteiger partial charge in [-0.05, 0) is 29.8 Å². The maximum atomic E-state index is 12.6. The molecule has 3 nitrogen and oxygen atoms in total. The van der Waals surface area contributed by atoms with Crippen LogP contribution in [0.15, 0.2) is 35.2 Å². The summed E-state index contributed by atoms with van der Waals surface area (Å²) in [6.45, 7) is 0.629. The minimum atomic E-state index is -1.35. The Balaban J connectivity index is 1.96. The third-order valence-electron chi connectivity index (χ3n) is 3.34. The molecule has 2 aromatic rings. The molecule has 3 rings (SSSR count). The van der Waals surface area contributed by atoms with Gasteiger partial charge in [0.15, 0.2) is 0 Å². The maximum Gasteiger partial charge on any atom is 0.126 e. The average Bonchev–Trinajstić information content (AvgIpc) is 2.86. The average molecular weight is 342 g/mol. The molecular formula is C15H13Cl2NO2S. The van der Waals surface area contributed by atoms with E-state index in [1.54, 1.807) is 24.3 Å². The summed E-state index contributed by atoms with van der Waals surface area (Å²) in [4.78, 5) is 0.464. The van der Waals surface area contributed by atoms with Crippen LogP contribution >= 0.6 is 23.2 Å². The number of nitrogens with two attached hydrogens (primary N) is 1. The molecule has 6 heteroatoms. The molecule has 0 amide bonds. The molecule has 1 aliphatic heterocycles. The normalized spacial score (nSPS) is 14.6. The van der Waals surface area contributed by atoms with Crippen molar-refractivity contribution < 1.29 is 8.95 Å². The van der Waals surface area contributed by atoms with Crippen LogP contribution in [0.25, 0.3) is 0 Å². The second kappa shape index (κ2) is 5.87. The summed E-state index contributed by atoms with van der Waals surface area (Å²) in [5, 5.41) is 1.03. The molecule has 2 N–H and O–H groups in total. The van der Waals surface area contributed by atoms with E-state index in [0.29, 0.717) is 27.2 Å². The Morgan fingerprint density at radius 2 is 2.10 bits per heavy atom. The van der Waals surface area contributed by atoms with Crippen LogP contribution in [0, 0.1) is 0 Å². The number of hydrogen-bond donors (Lipinski definition) is 1. The van der Waals surface area contributed by atoms with Crippen molar-refractivity contribution in [1.29, 1.82) is 0 Å². The summed E-state index contributed by atoms with van der Waals surface area (Å²) < 4.78 is 18.2. The van der Waals surface area contributed by atoms with E-state index in [1.807, 2.05) is 6.07 Å². The summed E-state index contributed by atoms with van der Waals surface area (Å²) in [6, 6.07) is 8.79. The minimum absolute atomic E-state index is 0.275. The Morgan fingerprint density at radius 3 is 2.86 bits per heavy atom. The van der Waals surface area contributed by atoms with Crippen LogP contribution in [0.4, 0.5) is 5.69 Å². The number of benzene rings is 2. The summed E-state index contributed by atoms with van der Waals surface area (Å²) >= 11 is 12.2. The van der Waals surface area contributed by atoms with Gasteiger partial charge in [-0.1, -0.05) is 29.3 Å². The first-order chi connectivity index (χ1) is 10.1. The van der Waals surface area contributed by atoms with Crippen molar-refractivity contribution in [3.05, 3.63) is 51.5 Å². The lowest BCUT2D eigenvalue weighted by molar-refractivity contribution is 0.354. The Labute approximate surface area is 135 Å². The van der Waals surface area contributed by atoms with Gasteiger partial charge in [0, 0.05) is 22.7 Å². The molecule has 21 heavy (non-hydrogen) atoms. The van der Waals surface area contributed by atoms with Crippen molar-refractivity contribution in [1.82, 2.24) is 0 Å². The second-order valence-electron chi connectivity index (χ2n) is 4.80. The first-order valence-electron chi connectivity index (χ1n) is 6.42. The molecule has 1 aliphatic rings. The Hall–Kier alpha value is -1.23. The van der Waals surface area contributed by atoms with Crippen LogP contribution in [0.5, 0.6) is 5.75 Å². The van der Waals surface area contributed by atoms with Crippen molar-refractivity contribution in [2.45, 2.75) is 17.1 Å². The SMILES string of the molecule is Nc1cccc(Cl)c1S(=O)Cc1cc(Cl)cc2c1OCC2. The van der Waals surface area contributed by atoms with Crippen LogP contribution in [0.3, 0.4) is 0 Å². The van der Waals surface area contributed by atoms with E-state index in [1.165, 1.54) is 0 Å². The number of halogens is 2. The van der Waals surface area contributed by atoms with Crippen molar-refractivity contribution in [2.24, 2.45) is 0 Å². The van der Waals surface area contributed by atoms with Crippen LogP contribution in [-0.2, 0) is 23.0 Å². The molecule has 0 aliphatic carbocycles. The lowest BCUT2D eigenvalue weighted by atomic mass is 10.1. The molecule has 0 fully saturated rings. The topological polar surface area (TPSA) is 52.3 Å². The molecule has 0 radical (unpaired) electrons. The van der Waals surface area contributed by atoms with Gasteiger partial charge in [0.1, 0.15) is 5.75 Å². The predicted octanol–water partition coefficient (Wildman–Crippen LogP) is 3.82. The molecule has 0 aromatic heterocycles. The molecule has 0 saturated carbocycles. The zero-order valence-electron chi connectivity index (χ0n) is 11.1.